The maximum Gasteiger partial charge on any atom is 0.409 e. The molecule has 0 bridgehead atoms. The molecular formula is C14H17N5O6S. The molecule has 0 saturated carbocycles. The summed E-state index contributed by atoms with van der Waals surface area (Å²) in [6.07, 6.45) is 0.778. The van der Waals surface area contributed by atoms with Crippen molar-refractivity contribution < 1.29 is 24.0 Å². The van der Waals surface area contributed by atoms with E-state index in [-0.39, 0.29) is 37.8 Å². The molecule has 0 spiro atoms. The molecule has 0 unspecified atom stereocenters. The predicted molar refractivity (Wildman–Crippen MR) is 91.9 cm³/mol. The highest BCUT2D eigenvalue weighted by Gasteiger charge is 2.28. The van der Waals surface area contributed by atoms with Crippen LogP contribution in [-0.2, 0) is 14.3 Å². The third-order valence-corrected chi connectivity index (χ3v) is 4.41. The number of hydrogen-bond acceptors (Lipinski definition) is 8. The summed E-state index contributed by atoms with van der Waals surface area (Å²) in [5.74, 6) is -1.68. The van der Waals surface area contributed by atoms with Gasteiger partial charge in [0.05, 0.1) is 22.6 Å². The molecule has 0 radical (unpaired) electrons. The normalized spacial score (nSPS) is 14.3. The van der Waals surface area contributed by atoms with Crippen molar-refractivity contribution in [1.82, 2.24) is 15.2 Å². The smallest absolute Gasteiger partial charge is 0.409 e. The van der Waals surface area contributed by atoms with Crippen LogP contribution in [0, 0.1) is 10.1 Å². The summed E-state index contributed by atoms with van der Waals surface area (Å²) in [7, 11) is 0. The number of nitro groups is 1. The van der Waals surface area contributed by atoms with Crippen LogP contribution in [0.3, 0.4) is 0 Å². The number of carbonyl (C=O) groups is 3. The van der Waals surface area contributed by atoms with Crippen molar-refractivity contribution in [2.24, 2.45) is 5.10 Å². The van der Waals surface area contributed by atoms with Crippen LogP contribution in [0.15, 0.2) is 17.2 Å². The quantitative estimate of drug-likeness (QED) is 0.346. The van der Waals surface area contributed by atoms with E-state index < -0.39 is 22.8 Å². The molecule has 1 fully saturated rings. The fraction of sp³-hybridized carbons (Fsp3) is 0.429. The van der Waals surface area contributed by atoms with Gasteiger partial charge in [-0.25, -0.2) is 10.2 Å². The van der Waals surface area contributed by atoms with E-state index in [0.29, 0.717) is 4.88 Å². The van der Waals surface area contributed by atoms with Crippen LogP contribution < -0.4 is 5.43 Å². The third kappa shape index (κ3) is 4.99. The van der Waals surface area contributed by atoms with Gasteiger partial charge in [-0.05, 0) is 13.0 Å². The van der Waals surface area contributed by atoms with Gasteiger partial charge in [-0.1, -0.05) is 11.3 Å². The second-order valence-electron chi connectivity index (χ2n) is 5.11. The maximum absolute atomic E-state index is 12.1. The molecule has 2 rings (SSSR count). The van der Waals surface area contributed by atoms with Crippen LogP contribution in [0.25, 0.3) is 0 Å². The van der Waals surface area contributed by atoms with Crippen molar-refractivity contribution in [3.63, 3.8) is 0 Å². The molecule has 1 aromatic rings. The number of hydrazone groups is 1. The number of thiophene rings is 1. The van der Waals surface area contributed by atoms with E-state index in [0.717, 1.165) is 11.3 Å². The highest BCUT2D eigenvalue weighted by atomic mass is 32.1. The standard InChI is InChI=1S/C14H17N5O6S/c1-2-25-14(22)18-7-5-17(6-8-18)13(21)12(20)16-15-9-10-3-4-11(26-10)19(23)24/h3-4,9H,2,5-8H2,1H3,(H,16,20). The van der Waals surface area contributed by atoms with E-state index in [1.165, 1.54) is 28.1 Å². The van der Waals surface area contributed by atoms with Gasteiger partial charge >= 0.3 is 22.9 Å². The molecule has 0 aromatic carbocycles. The van der Waals surface area contributed by atoms with E-state index >= 15 is 0 Å². The molecule has 2 heterocycles. The van der Waals surface area contributed by atoms with E-state index in [1.54, 1.807) is 6.92 Å². The lowest BCUT2D eigenvalue weighted by Gasteiger charge is -2.33. The zero-order valence-corrected chi connectivity index (χ0v) is 14.7. The molecule has 1 saturated heterocycles. The summed E-state index contributed by atoms with van der Waals surface area (Å²) in [6, 6.07) is 2.80. The minimum atomic E-state index is -0.920. The summed E-state index contributed by atoms with van der Waals surface area (Å²) in [5, 5.41) is 14.2. The summed E-state index contributed by atoms with van der Waals surface area (Å²) in [6.45, 7) is 2.96. The molecule has 1 aromatic heterocycles. The second kappa shape index (κ2) is 8.89. The minimum Gasteiger partial charge on any atom is -0.450 e. The minimum absolute atomic E-state index is 0.0478. The van der Waals surface area contributed by atoms with E-state index in [4.69, 9.17) is 4.74 Å². The Balaban J connectivity index is 1.80. The molecule has 1 aliphatic rings. The summed E-state index contributed by atoms with van der Waals surface area (Å²) in [4.78, 5) is 48.8. The van der Waals surface area contributed by atoms with E-state index in [9.17, 15) is 24.5 Å². The lowest BCUT2D eigenvalue weighted by molar-refractivity contribution is -0.380. The van der Waals surface area contributed by atoms with Crippen LogP contribution in [0.5, 0.6) is 0 Å². The first-order valence-electron chi connectivity index (χ1n) is 7.70. The molecule has 1 N–H and O–H groups in total. The van der Waals surface area contributed by atoms with Crippen molar-refractivity contribution in [3.05, 3.63) is 27.1 Å². The van der Waals surface area contributed by atoms with Gasteiger partial charge in [-0.3, -0.25) is 19.7 Å². The Bertz CT molecular complexity index is 725. The van der Waals surface area contributed by atoms with Gasteiger partial charge < -0.3 is 14.5 Å². The third-order valence-electron chi connectivity index (χ3n) is 3.44. The first-order chi connectivity index (χ1) is 12.4. The number of hydrogen-bond donors (Lipinski definition) is 1. The molecule has 1 aliphatic heterocycles. The van der Waals surface area contributed by atoms with Crippen molar-refractivity contribution in [2.75, 3.05) is 32.8 Å². The first-order valence-corrected chi connectivity index (χ1v) is 8.52. The van der Waals surface area contributed by atoms with Gasteiger partial charge in [0.15, 0.2) is 0 Å². The summed E-state index contributed by atoms with van der Waals surface area (Å²) >= 11 is 0.892. The zero-order chi connectivity index (χ0) is 19.1. The second-order valence-corrected chi connectivity index (χ2v) is 6.20. The number of nitrogens with one attached hydrogen (secondary N) is 1. The van der Waals surface area contributed by atoms with Gasteiger partial charge in [-0.15, -0.1) is 0 Å². The van der Waals surface area contributed by atoms with Gasteiger partial charge in [0, 0.05) is 32.2 Å². The average Bonchev–Trinajstić information content (AvgIpc) is 3.10. The lowest BCUT2D eigenvalue weighted by Crippen LogP contribution is -2.53. The molecule has 140 valence electrons. The van der Waals surface area contributed by atoms with Crippen LogP contribution in [0.1, 0.15) is 11.8 Å². The van der Waals surface area contributed by atoms with Gasteiger partial charge in [-0.2, -0.15) is 5.10 Å². The molecular weight excluding hydrogens is 366 g/mol. The molecule has 12 heteroatoms. The largest absolute Gasteiger partial charge is 0.450 e. The first kappa shape index (κ1) is 19.3. The van der Waals surface area contributed by atoms with Crippen LogP contribution in [0.4, 0.5) is 9.80 Å². The number of carbonyl (C=O) groups excluding carboxylic acids is 3. The Labute approximate surface area is 152 Å². The topological polar surface area (TPSA) is 134 Å². The van der Waals surface area contributed by atoms with Crippen LogP contribution in [0.2, 0.25) is 0 Å². The Kier molecular flexibility index (Phi) is 6.60. The molecule has 0 atom stereocenters. The molecule has 3 amide bonds. The highest BCUT2D eigenvalue weighted by molar-refractivity contribution is 7.16. The van der Waals surface area contributed by atoms with Crippen LogP contribution in [-0.4, -0.2) is 71.6 Å². The van der Waals surface area contributed by atoms with Crippen LogP contribution >= 0.6 is 11.3 Å². The number of rotatable bonds is 4. The van der Waals surface area contributed by atoms with Crippen molar-refractivity contribution in [2.45, 2.75) is 6.92 Å². The zero-order valence-electron chi connectivity index (χ0n) is 13.9. The number of nitrogens with zero attached hydrogens (tertiary/aromatic N) is 4. The Morgan fingerprint density at radius 3 is 2.54 bits per heavy atom. The number of ether oxygens (including phenoxy) is 1. The Morgan fingerprint density at radius 2 is 1.96 bits per heavy atom. The number of piperazine rings is 1. The highest BCUT2D eigenvalue weighted by Crippen LogP contribution is 2.22. The molecule has 11 nitrogen and oxygen atoms in total. The summed E-state index contributed by atoms with van der Waals surface area (Å²) in [5.41, 5.74) is 2.09. The van der Waals surface area contributed by atoms with Gasteiger partial charge in [0.1, 0.15) is 0 Å². The fourth-order valence-corrected chi connectivity index (χ4v) is 2.86. The Hall–Kier alpha value is -3.02. The van der Waals surface area contributed by atoms with E-state index in [2.05, 4.69) is 10.5 Å². The predicted octanol–water partition coefficient (Wildman–Crippen LogP) is 0.407. The van der Waals surface area contributed by atoms with Crippen molar-refractivity contribution >= 4 is 40.5 Å². The van der Waals surface area contributed by atoms with Crippen molar-refractivity contribution in [3.8, 4) is 0 Å². The average molecular weight is 383 g/mol. The fourth-order valence-electron chi connectivity index (χ4n) is 2.16. The lowest BCUT2D eigenvalue weighted by atomic mass is 10.3. The van der Waals surface area contributed by atoms with Crippen molar-refractivity contribution in [1.29, 1.82) is 0 Å². The van der Waals surface area contributed by atoms with Gasteiger partial charge in [0.2, 0.25) is 0 Å². The SMILES string of the molecule is CCOC(=O)N1CCN(C(=O)C(=O)NN=Cc2ccc([N+](=O)[O-])s2)CC1. The monoisotopic (exact) mass is 383 g/mol. The Morgan fingerprint density at radius 1 is 1.31 bits per heavy atom. The van der Waals surface area contributed by atoms with Gasteiger partial charge in [0.25, 0.3) is 0 Å². The molecule has 0 aliphatic carbocycles. The van der Waals surface area contributed by atoms with E-state index in [1.807, 2.05) is 0 Å². The molecule has 26 heavy (non-hydrogen) atoms. The maximum atomic E-state index is 12.1. The summed E-state index contributed by atoms with van der Waals surface area (Å²) < 4.78 is 4.88. The number of amides is 3.